The van der Waals surface area contributed by atoms with Crippen LogP contribution in [0.1, 0.15) is 5.56 Å². The van der Waals surface area contributed by atoms with Crippen molar-refractivity contribution in [1.29, 1.82) is 5.26 Å². The molecule has 2 rings (SSSR count). The van der Waals surface area contributed by atoms with Crippen LogP contribution in [0.3, 0.4) is 0 Å². The maximum atomic E-state index is 13.8. The summed E-state index contributed by atoms with van der Waals surface area (Å²) >= 11 is 2.91. The standard InChI is InChI=1S/C13H5BrF3NO/c14-12-7(6-18)1-2-11(13(12)17)19-10-4-8(15)3-9(16)5-10/h1-5H. The van der Waals surface area contributed by atoms with Crippen LogP contribution in [0.15, 0.2) is 34.8 Å². The Hall–Kier alpha value is -2.00. The second-order valence-electron chi connectivity index (χ2n) is 3.56. The molecule has 0 fully saturated rings. The number of hydrogen-bond donors (Lipinski definition) is 0. The molecule has 0 atom stereocenters. The average molecular weight is 328 g/mol. The van der Waals surface area contributed by atoms with Gasteiger partial charge in [0.1, 0.15) is 23.5 Å². The van der Waals surface area contributed by atoms with E-state index in [9.17, 15) is 13.2 Å². The quantitative estimate of drug-likeness (QED) is 0.811. The summed E-state index contributed by atoms with van der Waals surface area (Å²) in [6, 6.07) is 6.85. The summed E-state index contributed by atoms with van der Waals surface area (Å²) in [5, 5.41) is 8.71. The number of hydrogen-bond acceptors (Lipinski definition) is 2. The molecule has 0 amide bonds. The van der Waals surface area contributed by atoms with Crippen molar-refractivity contribution < 1.29 is 17.9 Å². The SMILES string of the molecule is N#Cc1ccc(Oc2cc(F)cc(F)c2)c(F)c1Br. The van der Waals surface area contributed by atoms with Crippen molar-refractivity contribution in [2.24, 2.45) is 0 Å². The Morgan fingerprint density at radius 2 is 1.68 bits per heavy atom. The second-order valence-corrected chi connectivity index (χ2v) is 4.35. The van der Waals surface area contributed by atoms with Gasteiger partial charge in [0, 0.05) is 18.2 Å². The van der Waals surface area contributed by atoms with E-state index >= 15 is 0 Å². The van der Waals surface area contributed by atoms with Gasteiger partial charge in [-0.1, -0.05) is 0 Å². The van der Waals surface area contributed by atoms with Gasteiger partial charge in [-0.25, -0.2) is 13.2 Å². The van der Waals surface area contributed by atoms with Crippen molar-refractivity contribution in [2.45, 2.75) is 0 Å². The Kier molecular flexibility index (Phi) is 3.76. The second kappa shape index (κ2) is 5.33. The molecule has 0 aliphatic rings. The van der Waals surface area contributed by atoms with E-state index < -0.39 is 17.5 Å². The fraction of sp³-hybridized carbons (Fsp3) is 0. The smallest absolute Gasteiger partial charge is 0.181 e. The van der Waals surface area contributed by atoms with Crippen LogP contribution in [0.5, 0.6) is 11.5 Å². The molecule has 0 aromatic heterocycles. The molecule has 0 saturated heterocycles. The van der Waals surface area contributed by atoms with Crippen molar-refractivity contribution in [3.63, 3.8) is 0 Å². The first-order chi connectivity index (χ1) is 9.01. The molecule has 19 heavy (non-hydrogen) atoms. The first-order valence-electron chi connectivity index (χ1n) is 5.03. The summed E-state index contributed by atoms with van der Waals surface area (Å²) in [5.74, 6) is -2.89. The van der Waals surface area contributed by atoms with E-state index in [1.54, 1.807) is 6.07 Å². The van der Waals surface area contributed by atoms with Crippen molar-refractivity contribution in [1.82, 2.24) is 0 Å². The van der Waals surface area contributed by atoms with Gasteiger partial charge in [0.05, 0.1) is 10.0 Å². The molecule has 6 heteroatoms. The molecule has 0 aliphatic carbocycles. The average Bonchev–Trinajstić information content (AvgIpc) is 2.34. The third-order valence-corrected chi connectivity index (χ3v) is 3.01. The zero-order chi connectivity index (χ0) is 14.0. The zero-order valence-corrected chi connectivity index (χ0v) is 10.8. The van der Waals surface area contributed by atoms with E-state index in [1.807, 2.05) is 0 Å². The molecule has 0 unspecified atom stereocenters. The largest absolute Gasteiger partial charge is 0.454 e. The highest BCUT2D eigenvalue weighted by atomic mass is 79.9. The maximum absolute atomic E-state index is 13.8. The molecule has 0 radical (unpaired) electrons. The molecule has 0 aliphatic heterocycles. The minimum atomic E-state index is -0.830. The Bertz CT molecular complexity index is 662. The van der Waals surface area contributed by atoms with Gasteiger partial charge in [0.25, 0.3) is 0 Å². The topological polar surface area (TPSA) is 33.0 Å². The minimum absolute atomic E-state index is 0.0654. The predicted octanol–water partition coefficient (Wildman–Crippen LogP) is 4.53. The van der Waals surface area contributed by atoms with Crippen LogP contribution in [0.2, 0.25) is 0 Å². The zero-order valence-electron chi connectivity index (χ0n) is 9.25. The van der Waals surface area contributed by atoms with E-state index in [0.717, 1.165) is 12.1 Å². The van der Waals surface area contributed by atoms with E-state index in [0.29, 0.717) is 6.07 Å². The Labute approximate surface area is 115 Å². The first kappa shape index (κ1) is 13.4. The Morgan fingerprint density at radius 3 is 2.26 bits per heavy atom. The summed E-state index contributed by atoms with van der Waals surface area (Å²) in [5.41, 5.74) is 0.0928. The lowest BCUT2D eigenvalue weighted by Crippen LogP contribution is -1.93. The highest BCUT2D eigenvalue weighted by Gasteiger charge is 2.13. The number of nitriles is 1. The van der Waals surface area contributed by atoms with Crippen LogP contribution in [0.4, 0.5) is 13.2 Å². The molecular weight excluding hydrogens is 323 g/mol. The highest BCUT2D eigenvalue weighted by Crippen LogP contribution is 2.31. The number of nitrogens with zero attached hydrogens (tertiary/aromatic N) is 1. The molecule has 0 heterocycles. The lowest BCUT2D eigenvalue weighted by atomic mass is 10.2. The molecular formula is C13H5BrF3NO. The minimum Gasteiger partial charge on any atom is -0.454 e. The van der Waals surface area contributed by atoms with E-state index in [2.05, 4.69) is 15.9 Å². The Morgan fingerprint density at radius 1 is 1.05 bits per heavy atom. The van der Waals surface area contributed by atoms with Gasteiger partial charge in [0.15, 0.2) is 11.6 Å². The molecule has 0 N–H and O–H groups in total. The van der Waals surface area contributed by atoms with Gasteiger partial charge < -0.3 is 4.74 Å². The van der Waals surface area contributed by atoms with Gasteiger partial charge in [0.2, 0.25) is 0 Å². The predicted molar refractivity (Wildman–Crippen MR) is 65.2 cm³/mol. The molecule has 0 bridgehead atoms. The first-order valence-corrected chi connectivity index (χ1v) is 5.82. The molecule has 0 spiro atoms. The third kappa shape index (κ3) is 2.88. The lowest BCUT2D eigenvalue weighted by Gasteiger charge is -2.08. The lowest BCUT2D eigenvalue weighted by molar-refractivity contribution is 0.432. The molecule has 2 aromatic carbocycles. The molecule has 0 saturated carbocycles. The summed E-state index contributed by atoms with van der Waals surface area (Å²) in [4.78, 5) is 0. The molecule has 2 nitrogen and oxygen atoms in total. The van der Waals surface area contributed by atoms with Gasteiger partial charge in [-0.15, -0.1) is 0 Å². The van der Waals surface area contributed by atoms with Crippen LogP contribution < -0.4 is 4.74 Å². The van der Waals surface area contributed by atoms with Crippen molar-refractivity contribution in [3.8, 4) is 17.6 Å². The van der Waals surface area contributed by atoms with Gasteiger partial charge in [-0.2, -0.15) is 5.26 Å². The van der Waals surface area contributed by atoms with Gasteiger partial charge in [-0.05, 0) is 28.1 Å². The van der Waals surface area contributed by atoms with Crippen molar-refractivity contribution >= 4 is 15.9 Å². The van der Waals surface area contributed by atoms with Gasteiger partial charge >= 0.3 is 0 Å². The van der Waals surface area contributed by atoms with E-state index in [1.165, 1.54) is 12.1 Å². The number of rotatable bonds is 2. The van der Waals surface area contributed by atoms with Crippen LogP contribution in [-0.4, -0.2) is 0 Å². The molecule has 96 valence electrons. The molecule has 2 aromatic rings. The van der Waals surface area contributed by atoms with Crippen LogP contribution in [0, 0.1) is 28.8 Å². The summed E-state index contributed by atoms with van der Waals surface area (Å²) in [6.07, 6.45) is 0. The van der Waals surface area contributed by atoms with Crippen molar-refractivity contribution in [3.05, 3.63) is 57.8 Å². The van der Waals surface area contributed by atoms with Crippen molar-refractivity contribution in [2.75, 3.05) is 0 Å². The van der Waals surface area contributed by atoms with E-state index in [-0.39, 0.29) is 21.5 Å². The number of benzene rings is 2. The maximum Gasteiger partial charge on any atom is 0.181 e. The summed E-state index contributed by atoms with van der Waals surface area (Å²) in [7, 11) is 0. The fourth-order valence-corrected chi connectivity index (χ4v) is 1.83. The van der Waals surface area contributed by atoms with E-state index in [4.69, 9.17) is 10.00 Å². The normalized spacial score (nSPS) is 10.1. The van der Waals surface area contributed by atoms with Crippen LogP contribution in [0.25, 0.3) is 0 Å². The van der Waals surface area contributed by atoms with Crippen LogP contribution in [-0.2, 0) is 0 Å². The fourth-order valence-electron chi connectivity index (χ4n) is 1.41. The number of ether oxygens (including phenoxy) is 1. The Balaban J connectivity index is 2.39. The number of halogens is 4. The van der Waals surface area contributed by atoms with Crippen LogP contribution >= 0.6 is 15.9 Å². The summed E-state index contributed by atoms with van der Waals surface area (Å²) in [6.45, 7) is 0. The third-order valence-electron chi connectivity index (χ3n) is 2.23. The monoisotopic (exact) mass is 327 g/mol. The summed E-state index contributed by atoms with van der Waals surface area (Å²) < 4.78 is 44.7. The highest BCUT2D eigenvalue weighted by molar-refractivity contribution is 9.10. The van der Waals surface area contributed by atoms with Gasteiger partial charge in [-0.3, -0.25) is 0 Å².